The summed E-state index contributed by atoms with van der Waals surface area (Å²) in [5.41, 5.74) is 1.25. The largest absolute Gasteiger partial charge is 0.314 e. The second-order valence-electron chi connectivity index (χ2n) is 5.08. The van der Waals surface area contributed by atoms with E-state index in [9.17, 15) is 4.39 Å². The van der Waals surface area contributed by atoms with E-state index in [1.807, 2.05) is 6.07 Å². The third-order valence-corrected chi connectivity index (χ3v) is 3.85. The summed E-state index contributed by atoms with van der Waals surface area (Å²) < 4.78 is 13.2. The Morgan fingerprint density at radius 1 is 1.47 bits per heavy atom. The molecule has 3 heteroatoms. The molecule has 0 aromatic heterocycles. The van der Waals surface area contributed by atoms with Gasteiger partial charge in [-0.15, -0.1) is 0 Å². The van der Waals surface area contributed by atoms with E-state index in [1.54, 1.807) is 12.1 Å². The first kappa shape index (κ1) is 12.5. The van der Waals surface area contributed by atoms with Gasteiger partial charge in [-0.05, 0) is 31.0 Å². The Morgan fingerprint density at radius 2 is 2.29 bits per heavy atom. The summed E-state index contributed by atoms with van der Waals surface area (Å²) in [4.78, 5) is 2.46. The average molecular weight is 236 g/mol. The molecule has 1 N–H and O–H groups in total. The maximum absolute atomic E-state index is 13.2. The van der Waals surface area contributed by atoms with E-state index < -0.39 is 0 Å². The zero-order chi connectivity index (χ0) is 12.3. The molecule has 1 saturated heterocycles. The molecule has 0 bridgehead atoms. The van der Waals surface area contributed by atoms with Gasteiger partial charge in [0.05, 0.1) is 0 Å². The Kier molecular flexibility index (Phi) is 3.79. The van der Waals surface area contributed by atoms with E-state index in [0.717, 1.165) is 38.2 Å². The maximum atomic E-state index is 13.2. The number of hydrogen-bond donors (Lipinski definition) is 1. The van der Waals surface area contributed by atoms with Gasteiger partial charge in [0.25, 0.3) is 0 Å². The van der Waals surface area contributed by atoms with Crippen LogP contribution < -0.4 is 5.32 Å². The Morgan fingerprint density at radius 3 is 3.00 bits per heavy atom. The first-order valence-electron chi connectivity index (χ1n) is 6.34. The molecular weight excluding hydrogens is 215 g/mol. The molecule has 1 aliphatic heterocycles. The lowest BCUT2D eigenvalue weighted by atomic mass is 9.93. The third kappa shape index (κ3) is 2.85. The highest BCUT2D eigenvalue weighted by molar-refractivity contribution is 5.16. The predicted octanol–water partition coefficient (Wildman–Crippen LogP) is 2.40. The molecule has 2 rings (SSSR count). The molecule has 2 nitrogen and oxygen atoms in total. The quantitative estimate of drug-likeness (QED) is 0.867. The predicted molar refractivity (Wildman–Crippen MR) is 68.4 cm³/mol. The summed E-state index contributed by atoms with van der Waals surface area (Å²) in [6.07, 6.45) is 1.11. The fraction of sp³-hybridized carbons (Fsp3) is 0.571. The molecule has 0 saturated carbocycles. The van der Waals surface area contributed by atoms with Crippen LogP contribution in [0.2, 0.25) is 0 Å². The number of halogens is 1. The molecule has 1 fully saturated rings. The Labute approximate surface area is 103 Å². The van der Waals surface area contributed by atoms with Gasteiger partial charge in [-0.1, -0.05) is 19.1 Å². The number of piperazine rings is 1. The summed E-state index contributed by atoms with van der Waals surface area (Å²) in [6, 6.07) is 6.93. The van der Waals surface area contributed by atoms with Crippen LogP contribution in [-0.4, -0.2) is 30.1 Å². The molecule has 0 aliphatic carbocycles. The monoisotopic (exact) mass is 236 g/mol. The van der Waals surface area contributed by atoms with Crippen LogP contribution in [-0.2, 0) is 6.54 Å². The van der Waals surface area contributed by atoms with Crippen LogP contribution in [0.4, 0.5) is 4.39 Å². The van der Waals surface area contributed by atoms with Gasteiger partial charge in [-0.3, -0.25) is 4.90 Å². The zero-order valence-electron chi connectivity index (χ0n) is 10.7. The summed E-state index contributed by atoms with van der Waals surface area (Å²) in [7, 11) is 0. The van der Waals surface area contributed by atoms with Gasteiger partial charge in [-0.2, -0.15) is 0 Å². The van der Waals surface area contributed by atoms with Crippen LogP contribution in [0.25, 0.3) is 0 Å². The van der Waals surface area contributed by atoms with Crippen LogP contribution >= 0.6 is 0 Å². The molecule has 1 aliphatic rings. The minimum Gasteiger partial charge on any atom is -0.314 e. The van der Waals surface area contributed by atoms with Crippen molar-refractivity contribution in [2.45, 2.75) is 32.4 Å². The van der Waals surface area contributed by atoms with Crippen molar-refractivity contribution in [3.63, 3.8) is 0 Å². The van der Waals surface area contributed by atoms with Crippen LogP contribution in [0.5, 0.6) is 0 Å². The summed E-state index contributed by atoms with van der Waals surface area (Å²) in [6.45, 7) is 8.39. The van der Waals surface area contributed by atoms with Crippen molar-refractivity contribution in [1.29, 1.82) is 0 Å². The van der Waals surface area contributed by atoms with Gasteiger partial charge in [0.15, 0.2) is 0 Å². The first-order valence-corrected chi connectivity index (χ1v) is 6.34. The molecule has 0 spiro atoms. The van der Waals surface area contributed by atoms with E-state index in [4.69, 9.17) is 0 Å². The van der Waals surface area contributed by atoms with Crippen LogP contribution in [0.1, 0.15) is 25.8 Å². The van der Waals surface area contributed by atoms with E-state index in [-0.39, 0.29) is 11.4 Å². The van der Waals surface area contributed by atoms with Crippen molar-refractivity contribution in [2.75, 3.05) is 19.6 Å². The number of nitrogens with zero attached hydrogens (tertiary/aromatic N) is 1. The van der Waals surface area contributed by atoms with E-state index in [1.165, 1.54) is 6.07 Å². The lowest BCUT2D eigenvalue weighted by Gasteiger charge is -2.45. The van der Waals surface area contributed by atoms with Crippen molar-refractivity contribution >= 4 is 0 Å². The van der Waals surface area contributed by atoms with Crippen LogP contribution in [0, 0.1) is 5.82 Å². The molecule has 1 aromatic carbocycles. The molecule has 17 heavy (non-hydrogen) atoms. The lowest BCUT2D eigenvalue weighted by Crippen LogP contribution is -2.58. The molecule has 94 valence electrons. The Hall–Kier alpha value is -0.930. The molecule has 0 radical (unpaired) electrons. The SMILES string of the molecule is CCC1(C)CNCCN1Cc1cccc(F)c1. The molecule has 1 aromatic rings. The van der Waals surface area contributed by atoms with Crippen LogP contribution in [0.3, 0.4) is 0 Å². The molecule has 1 unspecified atom stereocenters. The number of rotatable bonds is 3. The molecule has 1 atom stereocenters. The molecule has 0 amide bonds. The fourth-order valence-corrected chi connectivity index (χ4v) is 2.43. The average Bonchev–Trinajstić information content (AvgIpc) is 2.32. The van der Waals surface area contributed by atoms with Crippen LogP contribution in [0.15, 0.2) is 24.3 Å². The van der Waals surface area contributed by atoms with Gasteiger partial charge >= 0.3 is 0 Å². The van der Waals surface area contributed by atoms with Gasteiger partial charge in [0.2, 0.25) is 0 Å². The van der Waals surface area contributed by atoms with Gasteiger partial charge < -0.3 is 5.32 Å². The topological polar surface area (TPSA) is 15.3 Å². The Bertz CT molecular complexity index is 380. The second-order valence-corrected chi connectivity index (χ2v) is 5.08. The van der Waals surface area contributed by atoms with Crippen molar-refractivity contribution in [1.82, 2.24) is 10.2 Å². The Balaban J connectivity index is 2.11. The zero-order valence-corrected chi connectivity index (χ0v) is 10.7. The third-order valence-electron chi connectivity index (χ3n) is 3.85. The smallest absolute Gasteiger partial charge is 0.123 e. The van der Waals surface area contributed by atoms with Gasteiger partial charge in [-0.25, -0.2) is 4.39 Å². The normalized spacial score (nSPS) is 26.1. The number of nitrogens with one attached hydrogen (secondary N) is 1. The lowest BCUT2D eigenvalue weighted by molar-refractivity contribution is 0.0637. The summed E-state index contributed by atoms with van der Waals surface area (Å²) in [5.74, 6) is -0.143. The first-order chi connectivity index (χ1) is 8.14. The summed E-state index contributed by atoms with van der Waals surface area (Å²) in [5, 5.41) is 3.44. The van der Waals surface area contributed by atoms with Gasteiger partial charge in [0, 0.05) is 31.7 Å². The van der Waals surface area contributed by atoms with E-state index in [2.05, 4.69) is 24.1 Å². The number of benzene rings is 1. The van der Waals surface area contributed by atoms with Crippen molar-refractivity contribution < 1.29 is 4.39 Å². The van der Waals surface area contributed by atoms with Crippen molar-refractivity contribution in [3.8, 4) is 0 Å². The standard InChI is InChI=1S/C14H21FN2/c1-3-14(2)11-16-7-8-17(14)10-12-5-4-6-13(15)9-12/h4-6,9,16H,3,7-8,10-11H2,1-2H3. The summed E-state index contributed by atoms with van der Waals surface area (Å²) >= 11 is 0. The maximum Gasteiger partial charge on any atom is 0.123 e. The van der Waals surface area contributed by atoms with Crippen molar-refractivity contribution in [3.05, 3.63) is 35.6 Å². The van der Waals surface area contributed by atoms with E-state index in [0.29, 0.717) is 0 Å². The highest BCUT2D eigenvalue weighted by Gasteiger charge is 2.32. The molecular formula is C14H21FN2. The fourth-order valence-electron chi connectivity index (χ4n) is 2.43. The highest BCUT2D eigenvalue weighted by Crippen LogP contribution is 2.23. The minimum absolute atomic E-state index is 0.143. The van der Waals surface area contributed by atoms with E-state index >= 15 is 0 Å². The minimum atomic E-state index is -0.143. The van der Waals surface area contributed by atoms with Crippen molar-refractivity contribution in [2.24, 2.45) is 0 Å². The van der Waals surface area contributed by atoms with Gasteiger partial charge in [0.1, 0.15) is 5.82 Å². The second kappa shape index (κ2) is 5.15. The number of hydrogen-bond acceptors (Lipinski definition) is 2. The highest BCUT2D eigenvalue weighted by atomic mass is 19.1. The molecule has 1 heterocycles.